The molecule has 7 nitrogen and oxygen atoms in total. The van der Waals surface area contributed by atoms with Crippen molar-refractivity contribution in [1.82, 2.24) is 4.90 Å². The number of carboxylic acid groups (broad SMARTS) is 1. The van der Waals surface area contributed by atoms with E-state index in [1.54, 1.807) is 0 Å². The number of hydrogen-bond acceptors (Lipinski definition) is 5. The monoisotopic (exact) mass is 305 g/mol. The van der Waals surface area contributed by atoms with Gasteiger partial charge in [0.15, 0.2) is 0 Å². The van der Waals surface area contributed by atoms with E-state index in [2.05, 4.69) is 6.58 Å². The van der Waals surface area contributed by atoms with E-state index in [0.717, 1.165) is 6.26 Å². The summed E-state index contributed by atoms with van der Waals surface area (Å²) in [4.78, 5) is 24.4. The first kappa shape index (κ1) is 16.5. The summed E-state index contributed by atoms with van der Waals surface area (Å²) in [5.74, 6) is -1.55. The molecule has 0 aromatic carbocycles. The molecular formula is C12H19NO6S. The Morgan fingerprint density at radius 2 is 1.95 bits per heavy atom. The van der Waals surface area contributed by atoms with Gasteiger partial charge in [-0.25, -0.2) is 13.2 Å². The second kappa shape index (κ2) is 6.25. The zero-order valence-corrected chi connectivity index (χ0v) is 12.2. The Labute approximate surface area is 118 Å². The Morgan fingerprint density at radius 3 is 2.35 bits per heavy atom. The van der Waals surface area contributed by atoms with Crippen molar-refractivity contribution < 1.29 is 27.9 Å². The molecule has 0 atom stereocenters. The molecule has 0 radical (unpaired) electrons. The molecule has 0 saturated carbocycles. The molecule has 0 spiro atoms. The lowest BCUT2D eigenvalue weighted by atomic mass is 9.80. The maximum atomic E-state index is 11.6. The normalized spacial score (nSPS) is 18.4. The van der Waals surface area contributed by atoms with Crippen molar-refractivity contribution in [3.8, 4) is 0 Å². The lowest BCUT2D eigenvalue weighted by molar-refractivity contribution is -0.150. The SMILES string of the molecule is C=CCOC(=O)N1CCC(CS(C)(=O)=O)(C(=O)O)CC1. The molecule has 1 rings (SSSR count). The van der Waals surface area contributed by atoms with Gasteiger partial charge in [-0.15, -0.1) is 0 Å². The van der Waals surface area contributed by atoms with Crippen molar-refractivity contribution in [1.29, 1.82) is 0 Å². The average Bonchev–Trinajstić information content (AvgIpc) is 2.34. The first-order valence-electron chi connectivity index (χ1n) is 6.14. The number of nitrogens with zero attached hydrogens (tertiary/aromatic N) is 1. The molecule has 0 aliphatic carbocycles. The molecule has 114 valence electrons. The standard InChI is InChI=1S/C12H19NO6S/c1-3-8-19-11(16)13-6-4-12(5-7-13,10(14)15)9-20(2,17)18/h3H,1,4-9H2,2H3,(H,14,15). The summed E-state index contributed by atoms with van der Waals surface area (Å²) in [6.07, 6.45) is 2.11. The third kappa shape index (κ3) is 4.22. The number of likely N-dealkylation sites (tertiary alicyclic amines) is 1. The van der Waals surface area contributed by atoms with Crippen LogP contribution in [0.25, 0.3) is 0 Å². The van der Waals surface area contributed by atoms with E-state index in [4.69, 9.17) is 4.74 Å². The molecule has 1 amide bonds. The summed E-state index contributed by atoms with van der Waals surface area (Å²) in [7, 11) is -3.41. The Bertz CT molecular complexity index is 490. The van der Waals surface area contributed by atoms with Gasteiger partial charge in [0, 0.05) is 19.3 Å². The van der Waals surface area contributed by atoms with E-state index in [1.165, 1.54) is 11.0 Å². The predicted octanol–water partition coefficient (Wildman–Crippen LogP) is 0.520. The van der Waals surface area contributed by atoms with E-state index < -0.39 is 33.1 Å². The topological polar surface area (TPSA) is 101 Å². The summed E-state index contributed by atoms with van der Waals surface area (Å²) in [5.41, 5.74) is -1.32. The van der Waals surface area contributed by atoms with Crippen LogP contribution in [0.2, 0.25) is 0 Å². The van der Waals surface area contributed by atoms with Crippen LogP contribution in [0, 0.1) is 5.41 Å². The van der Waals surface area contributed by atoms with Crippen LogP contribution in [-0.4, -0.2) is 62.2 Å². The van der Waals surface area contributed by atoms with Gasteiger partial charge in [0.1, 0.15) is 16.4 Å². The average molecular weight is 305 g/mol. The molecule has 0 aromatic heterocycles. The Morgan fingerprint density at radius 1 is 1.40 bits per heavy atom. The van der Waals surface area contributed by atoms with E-state index in [0.29, 0.717) is 0 Å². The number of rotatable bonds is 5. The number of piperidine rings is 1. The molecule has 20 heavy (non-hydrogen) atoms. The zero-order chi connectivity index (χ0) is 15.4. The number of ether oxygens (including phenoxy) is 1. The van der Waals surface area contributed by atoms with Crippen molar-refractivity contribution in [3.05, 3.63) is 12.7 Å². The smallest absolute Gasteiger partial charge is 0.410 e. The number of aliphatic carboxylic acids is 1. The summed E-state index contributed by atoms with van der Waals surface area (Å²) in [5, 5.41) is 9.31. The third-order valence-corrected chi connectivity index (χ3v) is 4.37. The lowest BCUT2D eigenvalue weighted by Gasteiger charge is -2.37. The molecule has 1 heterocycles. The number of carbonyl (C=O) groups is 2. The van der Waals surface area contributed by atoms with Crippen molar-refractivity contribution in [2.75, 3.05) is 31.7 Å². The molecule has 1 N–H and O–H groups in total. The molecule has 1 aliphatic heterocycles. The first-order chi connectivity index (χ1) is 9.20. The van der Waals surface area contributed by atoms with Gasteiger partial charge in [-0.3, -0.25) is 4.79 Å². The van der Waals surface area contributed by atoms with Gasteiger partial charge in [-0.1, -0.05) is 12.7 Å². The number of amides is 1. The maximum Gasteiger partial charge on any atom is 0.410 e. The minimum absolute atomic E-state index is 0.0861. The number of carboxylic acids is 1. The van der Waals surface area contributed by atoms with Gasteiger partial charge in [-0.2, -0.15) is 0 Å². The number of carbonyl (C=O) groups excluding carboxylic acids is 1. The molecule has 1 fully saturated rings. The number of hydrogen-bond donors (Lipinski definition) is 1. The largest absolute Gasteiger partial charge is 0.481 e. The summed E-state index contributed by atoms with van der Waals surface area (Å²) in [6, 6.07) is 0. The van der Waals surface area contributed by atoms with Crippen LogP contribution in [0.1, 0.15) is 12.8 Å². The minimum atomic E-state index is -3.41. The van der Waals surface area contributed by atoms with Gasteiger partial charge >= 0.3 is 12.1 Å². The van der Waals surface area contributed by atoms with Crippen LogP contribution in [0.3, 0.4) is 0 Å². The fourth-order valence-electron chi connectivity index (χ4n) is 2.26. The highest BCUT2D eigenvalue weighted by Gasteiger charge is 2.45. The Kier molecular flexibility index (Phi) is 5.15. The highest BCUT2D eigenvalue weighted by Crippen LogP contribution is 2.33. The van der Waals surface area contributed by atoms with E-state index in [-0.39, 0.29) is 32.5 Å². The van der Waals surface area contributed by atoms with E-state index in [1.807, 2.05) is 0 Å². The lowest BCUT2D eigenvalue weighted by Crippen LogP contribution is -2.49. The van der Waals surface area contributed by atoms with Crippen molar-refractivity contribution in [2.45, 2.75) is 12.8 Å². The van der Waals surface area contributed by atoms with Crippen molar-refractivity contribution >= 4 is 21.9 Å². The highest BCUT2D eigenvalue weighted by molar-refractivity contribution is 7.90. The van der Waals surface area contributed by atoms with Crippen LogP contribution in [-0.2, 0) is 19.4 Å². The van der Waals surface area contributed by atoms with Gasteiger partial charge in [0.05, 0.1) is 11.2 Å². The van der Waals surface area contributed by atoms with E-state index >= 15 is 0 Å². The van der Waals surface area contributed by atoms with Gasteiger partial charge in [0.25, 0.3) is 0 Å². The van der Waals surface area contributed by atoms with Gasteiger partial charge in [-0.05, 0) is 12.8 Å². The molecule has 0 bridgehead atoms. The van der Waals surface area contributed by atoms with E-state index in [9.17, 15) is 23.1 Å². The second-order valence-electron chi connectivity index (χ2n) is 5.01. The van der Waals surface area contributed by atoms with Crippen LogP contribution < -0.4 is 0 Å². The maximum absolute atomic E-state index is 11.6. The summed E-state index contributed by atoms with van der Waals surface area (Å²) >= 11 is 0. The highest BCUT2D eigenvalue weighted by atomic mass is 32.2. The first-order valence-corrected chi connectivity index (χ1v) is 8.20. The number of sulfone groups is 1. The molecule has 1 saturated heterocycles. The Hall–Kier alpha value is -1.57. The predicted molar refractivity (Wildman–Crippen MR) is 72.1 cm³/mol. The van der Waals surface area contributed by atoms with Crippen LogP contribution in [0.4, 0.5) is 4.79 Å². The Balaban J connectivity index is 2.72. The fourth-order valence-corrected chi connectivity index (χ4v) is 3.68. The molecule has 8 heteroatoms. The second-order valence-corrected chi connectivity index (χ2v) is 7.15. The minimum Gasteiger partial charge on any atom is -0.481 e. The summed E-state index contributed by atoms with van der Waals surface area (Å²) < 4.78 is 27.6. The third-order valence-electron chi connectivity index (χ3n) is 3.30. The summed E-state index contributed by atoms with van der Waals surface area (Å²) in [6.45, 7) is 3.84. The fraction of sp³-hybridized carbons (Fsp3) is 0.667. The van der Waals surface area contributed by atoms with Crippen LogP contribution in [0.15, 0.2) is 12.7 Å². The van der Waals surface area contributed by atoms with Crippen molar-refractivity contribution in [3.63, 3.8) is 0 Å². The molecule has 1 aliphatic rings. The van der Waals surface area contributed by atoms with Gasteiger partial charge in [0.2, 0.25) is 0 Å². The van der Waals surface area contributed by atoms with Crippen molar-refractivity contribution in [2.24, 2.45) is 5.41 Å². The van der Waals surface area contributed by atoms with Crippen LogP contribution >= 0.6 is 0 Å². The quantitative estimate of drug-likeness (QED) is 0.743. The molecule has 0 unspecified atom stereocenters. The van der Waals surface area contributed by atoms with Gasteiger partial charge < -0.3 is 14.7 Å². The zero-order valence-electron chi connectivity index (χ0n) is 11.4. The van der Waals surface area contributed by atoms with Crippen LogP contribution in [0.5, 0.6) is 0 Å². The molecular weight excluding hydrogens is 286 g/mol. The molecule has 0 aromatic rings.